The molecule has 0 bridgehead atoms. The standard InChI is InChI=1S/C16H13Br2F2N/c17-12-4-2-1-3-11(12)16(8-21-9-16)7-10-14(19)6-5-13(18)15(10)20/h1-6,21H,7-9H2. The van der Waals surface area contributed by atoms with Gasteiger partial charge in [0.25, 0.3) is 0 Å². The molecule has 2 aromatic carbocycles. The number of hydrogen-bond acceptors (Lipinski definition) is 1. The molecule has 0 radical (unpaired) electrons. The molecular formula is C16H13Br2F2N. The Morgan fingerprint density at radius 3 is 2.33 bits per heavy atom. The summed E-state index contributed by atoms with van der Waals surface area (Å²) in [6.07, 6.45) is 0.333. The maximum absolute atomic E-state index is 14.3. The van der Waals surface area contributed by atoms with Gasteiger partial charge in [-0.05, 0) is 46.1 Å². The van der Waals surface area contributed by atoms with Crippen molar-refractivity contribution >= 4 is 31.9 Å². The summed E-state index contributed by atoms with van der Waals surface area (Å²) in [6, 6.07) is 10.6. The molecule has 1 aliphatic heterocycles. The van der Waals surface area contributed by atoms with E-state index in [-0.39, 0.29) is 11.0 Å². The highest BCUT2D eigenvalue weighted by molar-refractivity contribution is 9.10. The Labute approximate surface area is 139 Å². The van der Waals surface area contributed by atoms with Crippen molar-refractivity contribution in [3.8, 4) is 0 Å². The third-order valence-corrected chi connectivity index (χ3v) is 5.33. The third kappa shape index (κ3) is 2.67. The molecule has 0 amide bonds. The summed E-state index contributed by atoms with van der Waals surface area (Å²) in [7, 11) is 0. The van der Waals surface area contributed by atoms with E-state index in [1.54, 1.807) is 0 Å². The van der Waals surface area contributed by atoms with Crippen LogP contribution in [0.1, 0.15) is 11.1 Å². The van der Waals surface area contributed by atoms with Gasteiger partial charge in [-0.15, -0.1) is 0 Å². The van der Waals surface area contributed by atoms with Gasteiger partial charge in [0.2, 0.25) is 0 Å². The van der Waals surface area contributed by atoms with Gasteiger partial charge in [0.1, 0.15) is 11.6 Å². The van der Waals surface area contributed by atoms with E-state index in [1.807, 2.05) is 24.3 Å². The van der Waals surface area contributed by atoms with Gasteiger partial charge in [0.05, 0.1) is 4.47 Å². The summed E-state index contributed by atoms with van der Waals surface area (Å²) >= 11 is 6.68. The van der Waals surface area contributed by atoms with Crippen molar-refractivity contribution in [3.05, 3.63) is 68.1 Å². The van der Waals surface area contributed by atoms with Crippen LogP contribution in [-0.2, 0) is 11.8 Å². The molecule has 1 N–H and O–H groups in total. The van der Waals surface area contributed by atoms with Crippen LogP contribution in [0.5, 0.6) is 0 Å². The van der Waals surface area contributed by atoms with Crippen molar-refractivity contribution in [2.75, 3.05) is 13.1 Å². The topological polar surface area (TPSA) is 12.0 Å². The Balaban J connectivity index is 2.03. The molecule has 1 nitrogen and oxygen atoms in total. The van der Waals surface area contributed by atoms with E-state index >= 15 is 0 Å². The van der Waals surface area contributed by atoms with Crippen LogP contribution in [-0.4, -0.2) is 13.1 Å². The van der Waals surface area contributed by atoms with E-state index in [0.29, 0.717) is 24.0 Å². The molecule has 3 rings (SSSR count). The first-order chi connectivity index (χ1) is 10.0. The Kier molecular flexibility index (Phi) is 4.17. The Hall–Kier alpha value is -0.780. The zero-order valence-corrected chi connectivity index (χ0v) is 14.3. The smallest absolute Gasteiger partial charge is 0.143 e. The van der Waals surface area contributed by atoms with Crippen molar-refractivity contribution in [2.45, 2.75) is 11.8 Å². The number of halogens is 4. The number of nitrogens with one attached hydrogen (secondary N) is 1. The van der Waals surface area contributed by atoms with Crippen LogP contribution in [0.3, 0.4) is 0 Å². The first-order valence-electron chi connectivity index (χ1n) is 6.62. The minimum Gasteiger partial charge on any atom is -0.315 e. The van der Waals surface area contributed by atoms with Crippen molar-refractivity contribution in [1.82, 2.24) is 5.32 Å². The quantitative estimate of drug-likeness (QED) is 0.722. The maximum Gasteiger partial charge on any atom is 0.143 e. The molecule has 1 fully saturated rings. The Bertz CT molecular complexity index is 684. The summed E-state index contributed by atoms with van der Waals surface area (Å²) < 4.78 is 29.6. The van der Waals surface area contributed by atoms with Crippen molar-refractivity contribution in [1.29, 1.82) is 0 Å². The minimum absolute atomic E-state index is 0.140. The van der Waals surface area contributed by atoms with E-state index < -0.39 is 11.6 Å². The van der Waals surface area contributed by atoms with Gasteiger partial charge in [-0.1, -0.05) is 34.1 Å². The number of benzene rings is 2. The zero-order valence-electron chi connectivity index (χ0n) is 11.1. The molecule has 1 heterocycles. The molecule has 0 atom stereocenters. The molecule has 0 aromatic heterocycles. The Morgan fingerprint density at radius 1 is 1.00 bits per heavy atom. The highest BCUT2D eigenvalue weighted by atomic mass is 79.9. The minimum atomic E-state index is -0.506. The van der Waals surface area contributed by atoms with Gasteiger partial charge in [0, 0.05) is 28.5 Å². The van der Waals surface area contributed by atoms with E-state index in [1.165, 1.54) is 12.1 Å². The molecule has 1 saturated heterocycles. The van der Waals surface area contributed by atoms with Gasteiger partial charge < -0.3 is 5.32 Å². The van der Waals surface area contributed by atoms with Crippen molar-refractivity contribution in [3.63, 3.8) is 0 Å². The lowest BCUT2D eigenvalue weighted by Crippen LogP contribution is -2.58. The zero-order chi connectivity index (χ0) is 15.0. The van der Waals surface area contributed by atoms with Crippen LogP contribution in [0.25, 0.3) is 0 Å². The van der Waals surface area contributed by atoms with E-state index in [9.17, 15) is 8.78 Å². The molecule has 110 valence electrons. The van der Waals surface area contributed by atoms with Gasteiger partial charge in [-0.25, -0.2) is 8.78 Å². The van der Waals surface area contributed by atoms with Gasteiger partial charge in [-0.2, -0.15) is 0 Å². The molecule has 0 spiro atoms. The van der Waals surface area contributed by atoms with Crippen LogP contribution < -0.4 is 5.32 Å². The molecule has 21 heavy (non-hydrogen) atoms. The lowest BCUT2D eigenvalue weighted by Gasteiger charge is -2.44. The van der Waals surface area contributed by atoms with E-state index in [2.05, 4.69) is 37.2 Å². The largest absolute Gasteiger partial charge is 0.315 e. The molecule has 0 saturated carbocycles. The number of rotatable bonds is 3. The monoisotopic (exact) mass is 415 g/mol. The summed E-state index contributed by atoms with van der Waals surface area (Å²) in [6.45, 7) is 1.42. The number of hydrogen-bond donors (Lipinski definition) is 1. The molecule has 2 aromatic rings. The average Bonchev–Trinajstić information content (AvgIpc) is 2.43. The van der Waals surface area contributed by atoms with Crippen LogP contribution in [0, 0.1) is 11.6 Å². The van der Waals surface area contributed by atoms with Crippen molar-refractivity contribution < 1.29 is 8.78 Å². The first kappa shape index (κ1) is 15.1. The SMILES string of the molecule is Fc1ccc(Br)c(F)c1CC1(c2ccccc2Br)CNC1. The second-order valence-electron chi connectivity index (χ2n) is 5.36. The molecule has 0 aliphatic carbocycles. The molecule has 1 aliphatic rings. The lowest BCUT2D eigenvalue weighted by molar-refractivity contribution is 0.267. The fourth-order valence-electron chi connectivity index (χ4n) is 2.80. The fraction of sp³-hybridized carbons (Fsp3) is 0.250. The van der Waals surface area contributed by atoms with Crippen LogP contribution in [0.2, 0.25) is 0 Å². The highest BCUT2D eigenvalue weighted by Gasteiger charge is 2.41. The molecule has 5 heteroatoms. The van der Waals surface area contributed by atoms with Gasteiger partial charge in [0.15, 0.2) is 0 Å². The predicted octanol–water partition coefficient (Wildman–Crippen LogP) is 4.57. The van der Waals surface area contributed by atoms with Crippen LogP contribution >= 0.6 is 31.9 Å². The summed E-state index contributed by atoms with van der Waals surface area (Å²) in [5.41, 5.74) is 0.951. The molecule has 0 unspecified atom stereocenters. The Morgan fingerprint density at radius 2 is 1.71 bits per heavy atom. The lowest BCUT2D eigenvalue weighted by atomic mass is 9.71. The van der Waals surface area contributed by atoms with E-state index in [4.69, 9.17) is 0 Å². The van der Waals surface area contributed by atoms with Gasteiger partial charge >= 0.3 is 0 Å². The van der Waals surface area contributed by atoms with Crippen LogP contribution in [0.4, 0.5) is 8.78 Å². The fourth-order valence-corrected chi connectivity index (χ4v) is 3.88. The highest BCUT2D eigenvalue weighted by Crippen LogP contribution is 2.38. The maximum atomic E-state index is 14.3. The second kappa shape index (κ2) is 5.78. The molecular weight excluding hydrogens is 404 g/mol. The summed E-state index contributed by atoms with van der Waals surface area (Å²) in [5.74, 6) is -0.998. The predicted molar refractivity (Wildman–Crippen MR) is 86.5 cm³/mol. The van der Waals surface area contributed by atoms with Crippen LogP contribution in [0.15, 0.2) is 45.3 Å². The average molecular weight is 417 g/mol. The summed E-state index contributed by atoms with van der Waals surface area (Å²) in [5, 5.41) is 3.22. The third-order valence-electron chi connectivity index (χ3n) is 4.03. The van der Waals surface area contributed by atoms with Crippen molar-refractivity contribution in [2.24, 2.45) is 0 Å². The normalized spacial score (nSPS) is 16.6. The first-order valence-corrected chi connectivity index (χ1v) is 8.20. The van der Waals surface area contributed by atoms with Gasteiger partial charge in [-0.3, -0.25) is 0 Å². The second-order valence-corrected chi connectivity index (χ2v) is 7.07. The summed E-state index contributed by atoms with van der Waals surface area (Å²) in [4.78, 5) is 0. The van der Waals surface area contributed by atoms with E-state index in [0.717, 1.165) is 10.0 Å².